The van der Waals surface area contributed by atoms with Gasteiger partial charge in [0.1, 0.15) is 0 Å². The summed E-state index contributed by atoms with van der Waals surface area (Å²) in [7, 11) is 0. The highest BCUT2D eigenvalue weighted by molar-refractivity contribution is 7.00. The molecule has 0 fully saturated rings. The van der Waals surface area contributed by atoms with E-state index in [0.29, 0.717) is 11.1 Å². The molecule has 0 bridgehead atoms. The maximum Gasteiger partial charge on any atom is 0.252 e. The molecule has 0 saturated heterocycles. The molecule has 0 saturated carbocycles. The van der Waals surface area contributed by atoms with Gasteiger partial charge in [0.05, 0.1) is 38.8 Å². The minimum Gasteiger partial charge on any atom is -0.311 e. The van der Waals surface area contributed by atoms with Crippen molar-refractivity contribution in [3.63, 3.8) is 0 Å². The van der Waals surface area contributed by atoms with Gasteiger partial charge in [-0.15, -0.1) is 0 Å². The van der Waals surface area contributed by atoms with Crippen LogP contribution in [0.25, 0.3) is 105 Å². The summed E-state index contributed by atoms with van der Waals surface area (Å²) in [5, 5.41) is 2.38. The summed E-state index contributed by atoms with van der Waals surface area (Å²) in [6.07, 6.45) is 0. The van der Waals surface area contributed by atoms with Gasteiger partial charge in [0, 0.05) is 55.9 Å². The smallest absolute Gasteiger partial charge is 0.252 e. The summed E-state index contributed by atoms with van der Waals surface area (Å²) in [5.41, 5.74) is 29.4. The summed E-state index contributed by atoms with van der Waals surface area (Å²) in [5.74, 6) is 0. The normalized spacial score (nSPS) is 14.9. The van der Waals surface area contributed by atoms with Crippen molar-refractivity contribution in [1.82, 2.24) is 4.57 Å². The van der Waals surface area contributed by atoms with Crippen LogP contribution in [-0.2, 0) is 32.5 Å². The lowest BCUT2D eigenvalue weighted by Crippen LogP contribution is -2.61. The Labute approximate surface area is 691 Å². The monoisotopic (exact) mass is 1490 g/mol. The number of hydrogen-bond acceptors (Lipinski definition) is 2. The average molecular weight is 1490 g/mol. The number of benzene rings is 15. The second-order valence-corrected chi connectivity index (χ2v) is 37.5. The number of aromatic nitrogens is 1. The van der Waals surface area contributed by atoms with Gasteiger partial charge in [-0.25, -0.2) is 0 Å². The zero-order chi connectivity index (χ0) is 86.1. The Balaban J connectivity index is 0.973. The Morgan fingerprint density at radius 1 is 0.278 bits per heavy atom. The van der Waals surface area contributed by atoms with Crippen molar-refractivity contribution in [3.05, 3.63) is 371 Å². The Bertz CT molecular complexity index is 6960. The fraction of sp³-hybridized carbons (Fsp3) is 0.189. The fourth-order valence-corrected chi connectivity index (χ4v) is 19.2. The van der Waals surface area contributed by atoms with Crippen molar-refractivity contribution in [2.24, 2.45) is 0 Å². The molecule has 20 rings (SSSR count). The van der Waals surface area contributed by atoms with Crippen LogP contribution in [0, 0.1) is 0 Å². The quantitative estimate of drug-likeness (QED) is 0.141. The summed E-state index contributed by atoms with van der Waals surface area (Å²) in [6, 6.07) is 98.0. The highest BCUT2D eigenvalue weighted by Gasteiger charge is 2.53. The van der Waals surface area contributed by atoms with E-state index < -0.39 is 36.3 Å². The van der Waals surface area contributed by atoms with E-state index in [4.69, 9.17) is 0 Å². The van der Waals surface area contributed by atoms with E-state index in [1.165, 1.54) is 38.6 Å². The first-order valence-electron chi connectivity index (χ1n) is 44.8. The second kappa shape index (κ2) is 25.9. The van der Waals surface area contributed by atoms with Crippen LogP contribution in [0.4, 0.5) is 34.1 Å². The number of hydrogen-bond donors (Lipinski definition) is 0. The molecular weight excluding hydrogens is 1390 g/mol. The van der Waals surface area contributed by atoms with Crippen LogP contribution in [0.15, 0.2) is 321 Å². The van der Waals surface area contributed by atoms with Crippen molar-refractivity contribution in [1.29, 1.82) is 0 Å². The van der Waals surface area contributed by atoms with E-state index in [1.807, 2.05) is 24.3 Å². The third-order valence-corrected chi connectivity index (χ3v) is 25.2. The summed E-state index contributed by atoms with van der Waals surface area (Å²) in [4.78, 5) is 5.20. The highest BCUT2D eigenvalue weighted by atomic mass is 15.2. The van der Waals surface area contributed by atoms with Gasteiger partial charge in [-0.1, -0.05) is 358 Å². The van der Waals surface area contributed by atoms with Crippen LogP contribution in [0.1, 0.15) is 165 Å². The van der Waals surface area contributed by atoms with Crippen molar-refractivity contribution in [2.45, 2.75) is 136 Å². The number of nitrogens with zero attached hydrogens (tertiary/aromatic N) is 3. The lowest BCUT2D eigenvalue weighted by molar-refractivity contribution is 0.569. The standard InChI is InChI=1S/C111H98BN3/c1-106(2,3)75-50-56-96(88(65-75)71-37-23-18-24-38-71)114-100-68-80(113-97-57-51-76(107(4,5)6)66-89(97)90-67-77(108(7,8)9)52-58-98(90)113)53-54-94(100)112-95-61-72(81-42-31-45-87-86-41-27-30-48-93(86)111(103(81)87)91-46-28-25-39-84(91)85-40-26-29-47-92(85)111)49-55-99(95)115(105-82(69-33-19-16-20-34-69)43-32-44-83(105)70-35-21-17-22-36-70)102-63-74(62-101(114)104(102)112)73-59-78(109(10,11)12)64-79(60-73)110(13,14)15/h16-68H,1-15H3/i25D,26D,28D,29D,39D,40D,46D,47D. The number of rotatable bonds is 8. The van der Waals surface area contributed by atoms with Gasteiger partial charge in [0.25, 0.3) is 6.71 Å². The first-order valence-corrected chi connectivity index (χ1v) is 40.8. The Kier molecular flexibility index (Phi) is 14.2. The van der Waals surface area contributed by atoms with Crippen LogP contribution in [0.5, 0.6) is 0 Å². The van der Waals surface area contributed by atoms with E-state index in [9.17, 15) is 11.0 Å². The zero-order valence-electron chi connectivity index (χ0n) is 76.4. The fourth-order valence-electron chi connectivity index (χ4n) is 19.2. The van der Waals surface area contributed by atoms with Crippen molar-refractivity contribution < 1.29 is 11.0 Å². The first kappa shape index (κ1) is 63.2. The van der Waals surface area contributed by atoms with Crippen molar-refractivity contribution >= 4 is 79.0 Å². The van der Waals surface area contributed by atoms with Crippen molar-refractivity contribution in [2.75, 3.05) is 9.80 Å². The lowest BCUT2D eigenvalue weighted by Gasteiger charge is -2.46. The molecule has 0 atom stereocenters. The van der Waals surface area contributed by atoms with Crippen LogP contribution in [0.3, 0.4) is 0 Å². The molecular formula is C111H98BN3. The Hall–Kier alpha value is -12.2. The molecule has 0 N–H and O–H groups in total. The largest absolute Gasteiger partial charge is 0.311 e. The molecule has 15 aromatic carbocycles. The number of anilines is 6. The summed E-state index contributed by atoms with van der Waals surface area (Å²) < 4.78 is 80.7. The van der Waals surface area contributed by atoms with Gasteiger partial charge >= 0.3 is 0 Å². The minimum atomic E-state index is -1.68. The molecule has 2 aliphatic heterocycles. The van der Waals surface area contributed by atoms with Crippen LogP contribution >= 0.6 is 0 Å². The molecule has 16 aromatic rings. The van der Waals surface area contributed by atoms with E-state index in [2.05, 4.69) is 367 Å². The van der Waals surface area contributed by atoms with Crippen LogP contribution in [0.2, 0.25) is 0 Å². The van der Waals surface area contributed by atoms with E-state index in [1.54, 1.807) is 0 Å². The third kappa shape index (κ3) is 11.3. The Morgan fingerprint density at radius 3 is 1.30 bits per heavy atom. The molecule has 3 nitrogen and oxygen atoms in total. The average Bonchev–Trinajstić information content (AvgIpc) is 1.48. The molecule has 1 spiro atoms. The van der Waals surface area contributed by atoms with Gasteiger partial charge in [-0.05, 0) is 221 Å². The second-order valence-electron chi connectivity index (χ2n) is 37.5. The maximum atomic E-state index is 10.3. The van der Waals surface area contributed by atoms with E-state index in [0.717, 1.165) is 134 Å². The van der Waals surface area contributed by atoms with Gasteiger partial charge < -0.3 is 14.4 Å². The van der Waals surface area contributed by atoms with Gasteiger partial charge in [0.2, 0.25) is 0 Å². The highest BCUT2D eigenvalue weighted by Crippen LogP contribution is 2.65. The van der Waals surface area contributed by atoms with E-state index >= 15 is 0 Å². The summed E-state index contributed by atoms with van der Waals surface area (Å²) >= 11 is 0. The SMILES string of the molecule is [2H]c1c([2H])c([2H])c2c(c1[2H])-c1c([2H])c([2H])c([2H])c([2H])c1C21c2ccccc2-c2cccc(-c3ccc4c(c3)B3c5ccc(-n6c7ccc(C(C)(C)C)cc7c7cc(C(C)(C)C)ccc76)cc5N(c5ccc(C(C)(C)C)cc5-c5ccccc5)c5cc(-c6cc(C(C)(C)C)cc(C(C)(C)C)c6)cc(c53)N4c3c(-c4ccccc4)cccc3-c3ccccc3)c21. The first-order chi connectivity index (χ1) is 58.5. The Morgan fingerprint density at radius 2 is 0.739 bits per heavy atom. The maximum absolute atomic E-state index is 10.3. The molecule has 2 aliphatic carbocycles. The molecule has 4 heteroatoms. The minimum absolute atomic E-state index is 0.0764. The molecule has 4 aliphatic rings. The molecule has 0 amide bonds. The molecule has 0 radical (unpaired) electrons. The topological polar surface area (TPSA) is 11.4 Å². The van der Waals surface area contributed by atoms with Gasteiger partial charge in [-0.2, -0.15) is 0 Å². The molecule has 0 unspecified atom stereocenters. The molecule has 1 aromatic heterocycles. The lowest BCUT2D eigenvalue weighted by atomic mass is 9.33. The predicted molar refractivity (Wildman–Crippen MR) is 492 cm³/mol. The third-order valence-electron chi connectivity index (χ3n) is 25.2. The zero-order valence-corrected chi connectivity index (χ0v) is 68.4. The van der Waals surface area contributed by atoms with Gasteiger partial charge in [-0.3, -0.25) is 0 Å². The molecule has 115 heavy (non-hydrogen) atoms. The van der Waals surface area contributed by atoms with E-state index in [-0.39, 0.29) is 73.5 Å². The van der Waals surface area contributed by atoms with Crippen LogP contribution in [-0.4, -0.2) is 11.3 Å². The molecule has 560 valence electrons. The summed E-state index contributed by atoms with van der Waals surface area (Å²) in [6.45, 7) is 34.1. The van der Waals surface area contributed by atoms with Crippen molar-refractivity contribution in [3.8, 4) is 83.6 Å². The van der Waals surface area contributed by atoms with Gasteiger partial charge in [0.15, 0.2) is 0 Å². The predicted octanol–water partition coefficient (Wildman–Crippen LogP) is 28.0. The number of para-hydroxylation sites is 1. The van der Waals surface area contributed by atoms with Crippen LogP contribution < -0.4 is 26.2 Å². The number of fused-ring (bicyclic) bond motifs is 17. The molecule has 3 heterocycles.